The molecule has 176 valence electrons. The molecule has 3 fully saturated rings. The van der Waals surface area contributed by atoms with Gasteiger partial charge >= 0.3 is 6.55 Å². The number of rotatable bonds is 5. The summed E-state index contributed by atoms with van der Waals surface area (Å²) in [6.07, 6.45) is 6.59. The van der Waals surface area contributed by atoms with Gasteiger partial charge in [-0.15, -0.1) is 0 Å². The highest BCUT2D eigenvalue weighted by Gasteiger charge is 2.56. The zero-order valence-corrected chi connectivity index (χ0v) is 17.6. The molecule has 3 aliphatic rings. The lowest BCUT2D eigenvalue weighted by Crippen LogP contribution is -2.61. The Bertz CT molecular complexity index is 1080. The number of alkyl halides is 4. The van der Waals surface area contributed by atoms with Gasteiger partial charge in [0, 0.05) is 55.1 Å². The fourth-order valence-corrected chi connectivity index (χ4v) is 5.09. The fraction of sp³-hybridized carbons (Fsp3) is 0.524. The van der Waals surface area contributed by atoms with Gasteiger partial charge in [-0.1, -0.05) is 0 Å². The van der Waals surface area contributed by atoms with Gasteiger partial charge in [0.05, 0.1) is 11.9 Å². The number of hydrogen-bond donors (Lipinski definition) is 2. The Labute approximate surface area is 186 Å². The van der Waals surface area contributed by atoms with Crippen LogP contribution in [0, 0.1) is 11.3 Å². The van der Waals surface area contributed by atoms with Crippen LogP contribution in [0.2, 0.25) is 0 Å². The standard InChI is InChI=1S/C21H23F4N7O/c22-20(23)31-8-13(7-29-31)12-5-17(27-6-12)18(28-11-26)30-9-14-1-2-15(10-30)32(14)19(33)16-3-4-21(16,24)25/h5-8,11,14-16,20,26-27H,1-4,9-10H2. The van der Waals surface area contributed by atoms with Crippen LogP contribution in [0.1, 0.15) is 37.9 Å². The Morgan fingerprint density at radius 3 is 2.52 bits per heavy atom. The Morgan fingerprint density at radius 1 is 1.24 bits per heavy atom. The molecule has 1 aliphatic carbocycles. The van der Waals surface area contributed by atoms with Crippen LogP contribution >= 0.6 is 0 Å². The smallest absolute Gasteiger partial charge is 0.333 e. The lowest BCUT2D eigenvalue weighted by molar-refractivity contribution is -0.176. The second-order valence-corrected chi connectivity index (χ2v) is 8.76. The molecule has 2 saturated heterocycles. The first-order valence-corrected chi connectivity index (χ1v) is 10.8. The molecule has 1 saturated carbocycles. The summed E-state index contributed by atoms with van der Waals surface area (Å²) in [6.45, 7) is -1.89. The molecule has 0 spiro atoms. The van der Waals surface area contributed by atoms with E-state index in [4.69, 9.17) is 5.41 Å². The lowest BCUT2D eigenvalue weighted by atomic mass is 9.79. The molecule has 0 aromatic carbocycles. The molecule has 2 bridgehead atoms. The van der Waals surface area contributed by atoms with E-state index in [9.17, 15) is 22.4 Å². The molecule has 0 radical (unpaired) electrons. The second-order valence-electron chi connectivity index (χ2n) is 8.76. The molecule has 2 aliphatic heterocycles. The molecular formula is C21H23F4N7O. The summed E-state index contributed by atoms with van der Waals surface area (Å²) < 4.78 is 53.9. The van der Waals surface area contributed by atoms with Crippen molar-refractivity contribution in [1.29, 1.82) is 5.41 Å². The fourth-order valence-electron chi connectivity index (χ4n) is 5.09. The minimum Gasteiger partial charge on any atom is -0.358 e. The number of aliphatic imine (C=N–C) groups is 1. The van der Waals surface area contributed by atoms with E-state index in [2.05, 4.69) is 15.1 Å². The van der Waals surface area contributed by atoms with Crippen LogP contribution in [-0.4, -0.2) is 73.7 Å². The first-order chi connectivity index (χ1) is 15.8. The summed E-state index contributed by atoms with van der Waals surface area (Å²) in [5.41, 5.74) is 1.73. The van der Waals surface area contributed by atoms with Gasteiger partial charge < -0.3 is 14.8 Å². The minimum atomic E-state index is -2.92. The van der Waals surface area contributed by atoms with Crippen LogP contribution in [0.3, 0.4) is 0 Å². The summed E-state index contributed by atoms with van der Waals surface area (Å²) >= 11 is 0. The van der Waals surface area contributed by atoms with Crippen LogP contribution in [-0.2, 0) is 4.79 Å². The highest BCUT2D eigenvalue weighted by molar-refractivity contribution is 6.02. The second kappa shape index (κ2) is 7.99. The average molecular weight is 465 g/mol. The molecule has 2 aromatic rings. The predicted octanol–water partition coefficient (Wildman–Crippen LogP) is 3.35. The Balaban J connectivity index is 1.34. The normalized spacial score (nSPS) is 26.6. The van der Waals surface area contributed by atoms with Crippen LogP contribution < -0.4 is 0 Å². The number of carbonyl (C=O) groups is 1. The number of carbonyl (C=O) groups excluding carboxylic acids is 1. The van der Waals surface area contributed by atoms with Gasteiger partial charge in [0.1, 0.15) is 12.3 Å². The van der Waals surface area contributed by atoms with Crippen molar-refractivity contribution in [3.05, 3.63) is 30.4 Å². The zero-order valence-electron chi connectivity index (χ0n) is 17.6. The summed E-state index contributed by atoms with van der Waals surface area (Å²) in [5.74, 6) is -4.11. The summed E-state index contributed by atoms with van der Waals surface area (Å²) in [5, 5.41) is 11.1. The van der Waals surface area contributed by atoms with E-state index in [1.54, 1.807) is 17.2 Å². The average Bonchev–Trinajstić information content (AvgIpc) is 3.49. The van der Waals surface area contributed by atoms with Gasteiger partial charge in [0.2, 0.25) is 5.91 Å². The molecule has 33 heavy (non-hydrogen) atoms. The maximum atomic E-state index is 13.8. The number of aromatic amines is 1. The van der Waals surface area contributed by atoms with Crippen molar-refractivity contribution in [2.24, 2.45) is 10.9 Å². The number of aromatic nitrogens is 3. The first kappa shape index (κ1) is 21.7. The van der Waals surface area contributed by atoms with Crippen molar-refractivity contribution >= 4 is 18.1 Å². The number of H-pyrrole nitrogens is 1. The van der Waals surface area contributed by atoms with Gasteiger partial charge in [-0.05, 0) is 25.3 Å². The van der Waals surface area contributed by atoms with Crippen LogP contribution in [0.25, 0.3) is 11.1 Å². The van der Waals surface area contributed by atoms with Crippen molar-refractivity contribution < 1.29 is 22.4 Å². The van der Waals surface area contributed by atoms with E-state index in [1.165, 1.54) is 12.4 Å². The number of likely N-dealkylation sites (tertiary alicyclic amines) is 1. The molecule has 3 unspecified atom stereocenters. The maximum absolute atomic E-state index is 13.8. The number of nitrogens with zero attached hydrogens (tertiary/aromatic N) is 5. The number of fused-ring (bicyclic) bond motifs is 2. The molecule has 8 nitrogen and oxygen atoms in total. The molecule has 12 heteroatoms. The van der Waals surface area contributed by atoms with E-state index in [0.29, 0.717) is 40.4 Å². The number of halogens is 4. The molecule has 1 amide bonds. The largest absolute Gasteiger partial charge is 0.358 e. The highest BCUT2D eigenvalue weighted by Crippen LogP contribution is 2.46. The number of hydrogen-bond acceptors (Lipinski definition) is 3. The summed E-state index contributed by atoms with van der Waals surface area (Å²) in [7, 11) is 0. The predicted molar refractivity (Wildman–Crippen MR) is 111 cm³/mol. The van der Waals surface area contributed by atoms with Crippen LogP contribution in [0.15, 0.2) is 29.6 Å². The first-order valence-electron chi connectivity index (χ1n) is 10.8. The number of piperazine rings is 1. The van der Waals surface area contributed by atoms with Gasteiger partial charge in [-0.2, -0.15) is 13.9 Å². The van der Waals surface area contributed by atoms with Gasteiger partial charge in [-0.25, -0.2) is 18.5 Å². The third-order valence-corrected chi connectivity index (χ3v) is 6.86. The van der Waals surface area contributed by atoms with Crippen LogP contribution in [0.4, 0.5) is 17.6 Å². The Hall–Kier alpha value is -3.18. The van der Waals surface area contributed by atoms with Crippen molar-refractivity contribution in [3.63, 3.8) is 0 Å². The lowest BCUT2D eigenvalue weighted by Gasteiger charge is -2.46. The highest BCUT2D eigenvalue weighted by atomic mass is 19.3. The SMILES string of the molecule is N=CN=C(c1cc(-c2cnn(C(F)F)c2)c[nH]1)N1CC2CCC(C1)N2C(=O)C1CCC1(F)F. The quantitative estimate of drug-likeness (QED) is 0.403. The van der Waals surface area contributed by atoms with Crippen molar-refractivity contribution in [1.82, 2.24) is 24.6 Å². The molecule has 3 atom stereocenters. The third-order valence-electron chi connectivity index (χ3n) is 6.86. The van der Waals surface area contributed by atoms with Crippen molar-refractivity contribution in [2.45, 2.75) is 50.2 Å². The van der Waals surface area contributed by atoms with Crippen LogP contribution in [0.5, 0.6) is 0 Å². The Morgan fingerprint density at radius 2 is 1.97 bits per heavy atom. The van der Waals surface area contributed by atoms with E-state index < -0.39 is 24.3 Å². The summed E-state index contributed by atoms with van der Waals surface area (Å²) in [4.78, 5) is 23.7. The molecule has 5 rings (SSSR count). The number of amides is 1. The molecule has 2 aromatic heterocycles. The molecule has 4 heterocycles. The third kappa shape index (κ3) is 3.70. The van der Waals surface area contributed by atoms with E-state index >= 15 is 0 Å². The van der Waals surface area contributed by atoms with E-state index in [-0.39, 0.29) is 24.9 Å². The zero-order chi connectivity index (χ0) is 23.3. The van der Waals surface area contributed by atoms with Crippen molar-refractivity contribution in [3.8, 4) is 11.1 Å². The van der Waals surface area contributed by atoms with E-state index in [0.717, 1.165) is 19.2 Å². The van der Waals surface area contributed by atoms with Gasteiger partial charge in [0.15, 0.2) is 5.84 Å². The molecule has 2 N–H and O–H groups in total. The monoisotopic (exact) mass is 465 g/mol. The van der Waals surface area contributed by atoms with E-state index in [1.807, 2.05) is 4.90 Å². The topological polar surface area (TPSA) is 93.4 Å². The summed E-state index contributed by atoms with van der Waals surface area (Å²) in [6, 6.07) is 1.35. The number of amidine groups is 1. The van der Waals surface area contributed by atoms with Gasteiger partial charge in [0.25, 0.3) is 5.92 Å². The maximum Gasteiger partial charge on any atom is 0.333 e. The Kier molecular flexibility index (Phi) is 5.25. The number of nitrogens with one attached hydrogen (secondary N) is 2. The van der Waals surface area contributed by atoms with Crippen molar-refractivity contribution in [2.75, 3.05) is 13.1 Å². The van der Waals surface area contributed by atoms with Gasteiger partial charge in [-0.3, -0.25) is 10.2 Å². The minimum absolute atomic E-state index is 0.192. The molecular weight excluding hydrogens is 442 g/mol.